The van der Waals surface area contributed by atoms with Crippen molar-refractivity contribution in [1.29, 1.82) is 0 Å². The van der Waals surface area contributed by atoms with Gasteiger partial charge in [0.15, 0.2) is 23.3 Å². The molecule has 0 aromatic heterocycles. The van der Waals surface area contributed by atoms with Crippen LogP contribution in [0.1, 0.15) is 126 Å². The first kappa shape index (κ1) is 28.4. The quantitative estimate of drug-likeness (QED) is 0.177. The fourth-order valence-electron chi connectivity index (χ4n) is 7.51. The number of allylic oxidation sites excluding steroid dienone is 2. The Morgan fingerprint density at radius 2 is 1.33 bits per heavy atom. The van der Waals surface area contributed by atoms with E-state index < -0.39 is 23.3 Å². The Bertz CT molecular complexity index is 1200. The van der Waals surface area contributed by atoms with Gasteiger partial charge < -0.3 is 0 Å². The fraction of sp³-hybridized carbons (Fsp3) is 0.600. The summed E-state index contributed by atoms with van der Waals surface area (Å²) in [4.78, 5) is 0. The van der Waals surface area contributed by atoms with E-state index in [0.717, 1.165) is 50.0 Å². The first-order valence-electron chi connectivity index (χ1n) is 15.6. The molecule has 0 saturated heterocycles. The summed E-state index contributed by atoms with van der Waals surface area (Å²) in [6.45, 7) is 4.40. The van der Waals surface area contributed by atoms with Gasteiger partial charge in [0, 0.05) is 16.7 Å². The van der Waals surface area contributed by atoms with E-state index in [-0.39, 0.29) is 11.1 Å². The maximum atomic E-state index is 15.4. The van der Waals surface area contributed by atoms with Gasteiger partial charge in [0.25, 0.3) is 0 Å². The zero-order valence-electron chi connectivity index (χ0n) is 23.8. The molecule has 1 fully saturated rings. The molecule has 3 aliphatic rings. The first-order valence-corrected chi connectivity index (χ1v) is 15.6. The maximum Gasteiger partial charge on any atom is 0.167 e. The highest BCUT2D eigenvalue weighted by atomic mass is 19.2. The normalized spacial score (nSPS) is 22.5. The molecule has 0 bridgehead atoms. The summed E-state index contributed by atoms with van der Waals surface area (Å²) in [6, 6.07) is 3.41. The van der Waals surface area contributed by atoms with E-state index in [2.05, 4.69) is 13.8 Å². The Kier molecular flexibility index (Phi) is 9.19. The molecular formula is C35H44F4. The van der Waals surface area contributed by atoms with Gasteiger partial charge in [0.1, 0.15) is 0 Å². The van der Waals surface area contributed by atoms with Crippen molar-refractivity contribution in [2.24, 2.45) is 17.8 Å². The summed E-state index contributed by atoms with van der Waals surface area (Å²) >= 11 is 0. The molecule has 0 amide bonds. The first-order chi connectivity index (χ1) is 18.9. The molecule has 2 aromatic rings. The summed E-state index contributed by atoms with van der Waals surface area (Å²) in [5.41, 5.74) is 2.48. The highest BCUT2D eigenvalue weighted by Crippen LogP contribution is 2.45. The molecule has 39 heavy (non-hydrogen) atoms. The van der Waals surface area contributed by atoms with Crippen molar-refractivity contribution in [3.05, 3.63) is 63.7 Å². The summed E-state index contributed by atoms with van der Waals surface area (Å²) in [7, 11) is 0. The molecule has 4 heteroatoms. The topological polar surface area (TPSA) is 0 Å². The van der Waals surface area contributed by atoms with E-state index >= 15 is 17.6 Å². The van der Waals surface area contributed by atoms with Crippen molar-refractivity contribution in [1.82, 2.24) is 0 Å². The van der Waals surface area contributed by atoms with Crippen LogP contribution in [0.4, 0.5) is 17.6 Å². The van der Waals surface area contributed by atoms with Crippen LogP contribution in [-0.2, 0) is 12.8 Å². The van der Waals surface area contributed by atoms with Crippen LogP contribution in [0.3, 0.4) is 0 Å². The van der Waals surface area contributed by atoms with Crippen molar-refractivity contribution in [3.63, 3.8) is 0 Å². The van der Waals surface area contributed by atoms with E-state index in [0.29, 0.717) is 46.9 Å². The predicted octanol–water partition coefficient (Wildman–Crippen LogP) is 11.1. The number of halogens is 4. The minimum absolute atomic E-state index is 0.0811. The number of rotatable bonds is 10. The number of hydrogen-bond donors (Lipinski definition) is 0. The molecule has 0 heterocycles. The van der Waals surface area contributed by atoms with E-state index in [1.807, 2.05) is 6.08 Å². The number of aryl methyl sites for hydroxylation is 1. The van der Waals surface area contributed by atoms with Gasteiger partial charge in [0.05, 0.1) is 0 Å². The minimum atomic E-state index is -1.04. The Labute approximate surface area is 232 Å². The fourth-order valence-corrected chi connectivity index (χ4v) is 7.51. The second-order valence-electron chi connectivity index (χ2n) is 12.5. The Morgan fingerprint density at radius 3 is 1.97 bits per heavy atom. The molecule has 0 N–H and O–H groups in total. The van der Waals surface area contributed by atoms with E-state index in [1.54, 1.807) is 12.1 Å². The lowest BCUT2D eigenvalue weighted by molar-refractivity contribution is 0.248. The Morgan fingerprint density at radius 1 is 0.667 bits per heavy atom. The molecule has 1 saturated carbocycles. The minimum Gasteiger partial charge on any atom is -0.203 e. The van der Waals surface area contributed by atoms with Gasteiger partial charge in [-0.15, -0.1) is 0 Å². The molecule has 0 nitrogen and oxygen atoms in total. The number of hydrogen-bond acceptors (Lipinski definition) is 0. The molecule has 212 valence electrons. The molecule has 0 spiro atoms. The molecule has 1 unspecified atom stereocenters. The predicted molar refractivity (Wildman–Crippen MR) is 153 cm³/mol. The molecular weight excluding hydrogens is 496 g/mol. The Hall–Kier alpha value is -2.10. The number of unbranched alkanes of at least 4 members (excludes halogenated alkanes) is 2. The molecule has 0 aliphatic heterocycles. The van der Waals surface area contributed by atoms with Crippen molar-refractivity contribution in [3.8, 4) is 11.1 Å². The van der Waals surface area contributed by atoms with Crippen LogP contribution in [0, 0.1) is 41.0 Å². The van der Waals surface area contributed by atoms with Crippen LogP contribution < -0.4 is 0 Å². The zero-order chi connectivity index (χ0) is 27.5. The molecule has 1 atom stereocenters. The van der Waals surface area contributed by atoms with Crippen LogP contribution in [0.25, 0.3) is 16.7 Å². The van der Waals surface area contributed by atoms with Crippen LogP contribution >= 0.6 is 0 Å². The van der Waals surface area contributed by atoms with Crippen LogP contribution in [0.15, 0.2) is 18.2 Å². The summed E-state index contributed by atoms with van der Waals surface area (Å²) < 4.78 is 61.4. The van der Waals surface area contributed by atoms with Gasteiger partial charge in [0.2, 0.25) is 0 Å². The van der Waals surface area contributed by atoms with Gasteiger partial charge in [-0.05, 0) is 84.6 Å². The molecule has 3 aliphatic carbocycles. The van der Waals surface area contributed by atoms with Crippen molar-refractivity contribution in [2.75, 3.05) is 0 Å². The second-order valence-corrected chi connectivity index (χ2v) is 12.5. The van der Waals surface area contributed by atoms with Crippen LogP contribution in [0.5, 0.6) is 0 Å². The maximum absolute atomic E-state index is 15.4. The molecule has 0 radical (unpaired) electrons. The summed E-state index contributed by atoms with van der Waals surface area (Å²) in [5.74, 6) is -1.92. The highest BCUT2D eigenvalue weighted by molar-refractivity contribution is 5.81. The molecule has 2 aromatic carbocycles. The second kappa shape index (κ2) is 12.6. The van der Waals surface area contributed by atoms with Crippen molar-refractivity contribution >= 4 is 5.57 Å². The lowest BCUT2D eigenvalue weighted by Gasteiger charge is -2.28. The summed E-state index contributed by atoms with van der Waals surface area (Å²) in [5, 5.41) is 0. The third-order valence-corrected chi connectivity index (χ3v) is 9.85. The number of benzene rings is 2. The third kappa shape index (κ3) is 6.00. The average molecular weight is 541 g/mol. The van der Waals surface area contributed by atoms with E-state index in [9.17, 15) is 0 Å². The smallest absolute Gasteiger partial charge is 0.167 e. The van der Waals surface area contributed by atoms with Crippen LogP contribution in [0.2, 0.25) is 0 Å². The van der Waals surface area contributed by atoms with Gasteiger partial charge in [-0.1, -0.05) is 90.2 Å². The zero-order valence-corrected chi connectivity index (χ0v) is 23.8. The summed E-state index contributed by atoms with van der Waals surface area (Å²) in [6.07, 6.45) is 18.6. The van der Waals surface area contributed by atoms with Crippen molar-refractivity contribution < 1.29 is 17.6 Å². The van der Waals surface area contributed by atoms with Crippen molar-refractivity contribution in [2.45, 2.75) is 117 Å². The van der Waals surface area contributed by atoms with Gasteiger partial charge in [-0.25, -0.2) is 17.6 Å². The highest BCUT2D eigenvalue weighted by Gasteiger charge is 2.33. The van der Waals surface area contributed by atoms with E-state index in [4.69, 9.17) is 0 Å². The monoisotopic (exact) mass is 540 g/mol. The third-order valence-electron chi connectivity index (χ3n) is 9.85. The average Bonchev–Trinajstić information content (AvgIpc) is 3.32. The number of fused-ring (bicyclic) bond motifs is 3. The van der Waals surface area contributed by atoms with Gasteiger partial charge in [-0.2, -0.15) is 0 Å². The largest absolute Gasteiger partial charge is 0.203 e. The van der Waals surface area contributed by atoms with Crippen LogP contribution in [-0.4, -0.2) is 0 Å². The SMILES string of the molecule is CCCCCC1CCC(CCc2cc3c(c(F)c2F)-c2c(cc(C4=CCC(CCC)CC4)c(F)c2F)C3)CC1. The van der Waals surface area contributed by atoms with Gasteiger partial charge >= 0.3 is 0 Å². The standard InChI is InChI=1S/C35H44F4/c1-3-5-6-8-23-9-11-24(12-10-23)15-18-26-19-27-20-28-21-29(25-16-13-22(7-4-2)14-17-25)33(37)35(39)31(28)30(27)34(38)32(26)36/h16,19,21-24H,3-15,17-18,20H2,1-2H3. The Balaban J connectivity index is 1.30. The van der Waals surface area contributed by atoms with Gasteiger partial charge in [-0.3, -0.25) is 0 Å². The molecule has 5 rings (SSSR count). The van der Waals surface area contributed by atoms with E-state index in [1.165, 1.54) is 51.4 Å². The lowest BCUT2D eigenvalue weighted by Crippen LogP contribution is -2.15. The lowest BCUT2D eigenvalue weighted by atomic mass is 9.77.